The summed E-state index contributed by atoms with van der Waals surface area (Å²) in [7, 11) is -0.187. The Balaban J connectivity index is 2.29. The first-order valence-corrected chi connectivity index (χ1v) is 8.98. The zero-order valence-corrected chi connectivity index (χ0v) is 15.3. The van der Waals surface area contributed by atoms with Crippen molar-refractivity contribution in [3.63, 3.8) is 0 Å². The molecule has 1 heterocycles. The molecule has 0 bridgehead atoms. The number of nitrogens with two attached hydrogens (primary N) is 1. The lowest BCUT2D eigenvalue weighted by Gasteiger charge is -2.25. The molecule has 0 saturated heterocycles. The van der Waals surface area contributed by atoms with E-state index in [0.717, 1.165) is 17.0 Å². The predicted molar refractivity (Wildman–Crippen MR) is 91.0 cm³/mol. The molecular weight excluding hydrogens is 328 g/mol. The molecular formula is C16H22N4O3S. The van der Waals surface area contributed by atoms with E-state index in [-0.39, 0.29) is 16.8 Å². The lowest BCUT2D eigenvalue weighted by molar-refractivity contribution is 0.0742. The smallest absolute Gasteiger partial charge is 0.254 e. The summed E-state index contributed by atoms with van der Waals surface area (Å²) in [4.78, 5) is 14.3. The maximum Gasteiger partial charge on any atom is 0.254 e. The van der Waals surface area contributed by atoms with Gasteiger partial charge in [-0.3, -0.25) is 9.48 Å². The van der Waals surface area contributed by atoms with Crippen molar-refractivity contribution in [2.24, 2.45) is 12.2 Å². The van der Waals surface area contributed by atoms with Crippen LogP contribution in [0.5, 0.6) is 0 Å². The van der Waals surface area contributed by atoms with Crippen molar-refractivity contribution >= 4 is 15.9 Å². The van der Waals surface area contributed by atoms with Crippen LogP contribution in [0.25, 0.3) is 0 Å². The summed E-state index contributed by atoms with van der Waals surface area (Å²) in [5.41, 5.74) is 3.29. The molecule has 8 heteroatoms. The number of rotatable bonds is 4. The molecule has 24 heavy (non-hydrogen) atoms. The van der Waals surface area contributed by atoms with Gasteiger partial charge in [-0.2, -0.15) is 5.10 Å². The number of nitrogens with zero attached hydrogens (tertiary/aromatic N) is 3. The molecule has 0 saturated carbocycles. The zero-order valence-electron chi connectivity index (χ0n) is 14.4. The van der Waals surface area contributed by atoms with Crippen molar-refractivity contribution in [3.05, 3.63) is 46.8 Å². The topological polar surface area (TPSA) is 98.3 Å². The molecule has 1 aromatic heterocycles. The lowest BCUT2D eigenvalue weighted by Crippen LogP contribution is -2.30. The molecule has 0 aliphatic heterocycles. The summed E-state index contributed by atoms with van der Waals surface area (Å²) in [5.74, 6) is -0.203. The molecule has 0 fully saturated rings. The van der Waals surface area contributed by atoms with Crippen molar-refractivity contribution < 1.29 is 13.2 Å². The van der Waals surface area contributed by atoms with E-state index in [9.17, 15) is 13.2 Å². The van der Waals surface area contributed by atoms with Gasteiger partial charge >= 0.3 is 0 Å². The molecule has 1 atom stereocenters. The second kappa shape index (κ2) is 6.37. The summed E-state index contributed by atoms with van der Waals surface area (Å²) in [5, 5.41) is 9.45. The van der Waals surface area contributed by atoms with Gasteiger partial charge in [0.1, 0.15) is 0 Å². The summed E-state index contributed by atoms with van der Waals surface area (Å²) in [6, 6.07) is 5.44. The molecule has 2 N–H and O–H groups in total. The number of amides is 1. The highest BCUT2D eigenvalue weighted by atomic mass is 32.2. The lowest BCUT2D eigenvalue weighted by atomic mass is 10.0. The Hall–Kier alpha value is -2.19. The van der Waals surface area contributed by atoms with Crippen LogP contribution in [0.15, 0.2) is 29.2 Å². The van der Waals surface area contributed by atoms with Crippen molar-refractivity contribution in [1.82, 2.24) is 14.7 Å². The monoisotopic (exact) mass is 350 g/mol. The summed E-state index contributed by atoms with van der Waals surface area (Å²) in [6.07, 6.45) is 0. The molecule has 2 aromatic rings. The van der Waals surface area contributed by atoms with Crippen LogP contribution in [-0.4, -0.2) is 36.1 Å². The molecule has 7 nitrogen and oxygen atoms in total. The third-order valence-electron chi connectivity index (χ3n) is 4.31. The highest BCUT2D eigenvalue weighted by Gasteiger charge is 2.24. The van der Waals surface area contributed by atoms with E-state index in [1.807, 2.05) is 27.8 Å². The molecule has 0 aliphatic carbocycles. The summed E-state index contributed by atoms with van der Waals surface area (Å²) < 4.78 is 24.4. The zero-order chi connectivity index (χ0) is 18.2. The largest absolute Gasteiger partial charge is 0.335 e. The third-order valence-corrected chi connectivity index (χ3v) is 5.24. The molecule has 0 radical (unpaired) electrons. The molecule has 0 unspecified atom stereocenters. The van der Waals surface area contributed by atoms with Crippen molar-refractivity contribution in [1.29, 1.82) is 0 Å². The van der Waals surface area contributed by atoms with Gasteiger partial charge in [0.25, 0.3) is 5.91 Å². The minimum absolute atomic E-state index is 0.0197. The molecule has 1 amide bonds. The molecule has 130 valence electrons. The number of benzene rings is 1. The molecule has 0 spiro atoms. The number of aryl methyl sites for hydroxylation is 2. The van der Waals surface area contributed by atoms with Gasteiger partial charge in [0.05, 0.1) is 16.6 Å². The number of carbonyl (C=O) groups excluding carboxylic acids is 1. The van der Waals surface area contributed by atoms with E-state index in [1.165, 1.54) is 24.3 Å². The van der Waals surface area contributed by atoms with Gasteiger partial charge in [-0.05, 0) is 45.0 Å². The molecule has 1 aromatic carbocycles. The van der Waals surface area contributed by atoms with Crippen molar-refractivity contribution in [2.75, 3.05) is 7.05 Å². The Kier molecular flexibility index (Phi) is 4.82. The van der Waals surface area contributed by atoms with Crippen LogP contribution in [0.1, 0.15) is 40.3 Å². The normalized spacial score (nSPS) is 12.9. The number of primary sulfonamides is 1. The van der Waals surface area contributed by atoms with E-state index in [1.54, 1.807) is 16.6 Å². The van der Waals surface area contributed by atoms with E-state index in [2.05, 4.69) is 5.10 Å². The minimum Gasteiger partial charge on any atom is -0.335 e. The van der Waals surface area contributed by atoms with E-state index < -0.39 is 10.0 Å². The number of hydrogen-bond acceptors (Lipinski definition) is 4. The minimum atomic E-state index is -3.77. The van der Waals surface area contributed by atoms with Crippen molar-refractivity contribution in [2.45, 2.75) is 31.7 Å². The fourth-order valence-electron chi connectivity index (χ4n) is 2.75. The van der Waals surface area contributed by atoms with Gasteiger partial charge in [0, 0.05) is 30.9 Å². The first kappa shape index (κ1) is 18.2. The van der Waals surface area contributed by atoms with Gasteiger partial charge in [0.15, 0.2) is 0 Å². The highest BCUT2D eigenvalue weighted by Crippen LogP contribution is 2.26. The average molecular weight is 350 g/mol. The third kappa shape index (κ3) is 3.34. The Morgan fingerprint density at radius 2 is 1.79 bits per heavy atom. The SMILES string of the molecule is Cc1nn(C)c(C)c1[C@@H](C)N(C)C(=O)c1ccc(S(N)(=O)=O)cc1. The Bertz CT molecular complexity index is 869. The second-order valence-electron chi connectivity index (χ2n) is 5.87. The first-order valence-electron chi connectivity index (χ1n) is 7.44. The maximum absolute atomic E-state index is 12.7. The summed E-state index contributed by atoms with van der Waals surface area (Å²) >= 11 is 0. The van der Waals surface area contributed by atoms with Gasteiger partial charge in [-0.25, -0.2) is 13.6 Å². The number of carbonyl (C=O) groups is 1. The summed E-state index contributed by atoms with van der Waals surface area (Å²) in [6.45, 7) is 5.82. The number of hydrogen-bond donors (Lipinski definition) is 1. The number of aromatic nitrogens is 2. The number of sulfonamides is 1. The first-order chi connectivity index (χ1) is 11.0. The quantitative estimate of drug-likeness (QED) is 0.904. The van der Waals surface area contributed by atoms with Gasteiger partial charge < -0.3 is 4.90 Å². The molecule has 2 rings (SSSR count). The van der Waals surface area contributed by atoms with E-state index >= 15 is 0 Å². The van der Waals surface area contributed by atoms with E-state index in [0.29, 0.717) is 5.56 Å². The fourth-order valence-corrected chi connectivity index (χ4v) is 3.27. The standard InChI is InChI=1S/C16H22N4O3S/c1-10-15(12(3)20(5)18-10)11(2)19(4)16(21)13-6-8-14(9-7-13)24(17,22)23/h6-9,11H,1-5H3,(H2,17,22,23)/t11-/m1/s1. The van der Waals surface area contributed by atoms with Crippen LogP contribution in [-0.2, 0) is 17.1 Å². The average Bonchev–Trinajstić information content (AvgIpc) is 2.77. The van der Waals surface area contributed by atoms with Crippen LogP contribution in [0, 0.1) is 13.8 Å². The highest BCUT2D eigenvalue weighted by molar-refractivity contribution is 7.89. The van der Waals surface area contributed by atoms with Crippen LogP contribution < -0.4 is 5.14 Å². The Morgan fingerprint density at radius 3 is 2.21 bits per heavy atom. The van der Waals surface area contributed by atoms with E-state index in [4.69, 9.17) is 5.14 Å². The van der Waals surface area contributed by atoms with Gasteiger partial charge in [-0.15, -0.1) is 0 Å². The van der Waals surface area contributed by atoms with Crippen LogP contribution in [0.2, 0.25) is 0 Å². The molecule has 0 aliphatic rings. The Morgan fingerprint density at radius 1 is 1.25 bits per heavy atom. The fraction of sp³-hybridized carbons (Fsp3) is 0.375. The second-order valence-corrected chi connectivity index (χ2v) is 7.43. The van der Waals surface area contributed by atoms with Crippen molar-refractivity contribution in [3.8, 4) is 0 Å². The maximum atomic E-state index is 12.7. The van der Waals surface area contributed by atoms with Crippen LogP contribution in [0.4, 0.5) is 0 Å². The predicted octanol–water partition coefficient (Wildman–Crippen LogP) is 1.52. The van der Waals surface area contributed by atoms with Crippen LogP contribution >= 0.6 is 0 Å². The van der Waals surface area contributed by atoms with Gasteiger partial charge in [-0.1, -0.05) is 0 Å². The Labute approximate surface area is 142 Å². The van der Waals surface area contributed by atoms with Crippen LogP contribution in [0.3, 0.4) is 0 Å². The van der Waals surface area contributed by atoms with Gasteiger partial charge in [0.2, 0.25) is 10.0 Å².